The minimum absolute atomic E-state index is 0.113. The number of rotatable bonds is 1. The average molecular weight is 262 g/mol. The third-order valence-corrected chi connectivity index (χ3v) is 3.27. The number of hydrogen-bond donors (Lipinski definition) is 1. The summed E-state index contributed by atoms with van der Waals surface area (Å²) in [6.07, 6.45) is 0.631. The van der Waals surface area contributed by atoms with Crippen LogP contribution >= 0.6 is 0 Å². The molecule has 1 aromatic rings. The number of nitrogens with zero attached hydrogens (tertiary/aromatic N) is 1. The van der Waals surface area contributed by atoms with Gasteiger partial charge in [-0.1, -0.05) is 33.4 Å². The molecule has 102 valence electrons. The fraction of sp³-hybridized carbons (Fsp3) is 0.400. The van der Waals surface area contributed by atoms with Crippen molar-refractivity contribution >= 4 is 11.7 Å². The van der Waals surface area contributed by atoms with Crippen LogP contribution in [0.15, 0.2) is 30.5 Å². The predicted molar refractivity (Wildman–Crippen MR) is 74.7 cm³/mol. The molecule has 0 aliphatic carbocycles. The third-order valence-electron chi connectivity index (χ3n) is 3.27. The Labute approximate surface area is 113 Å². The number of carbonyl (C=O) groups excluding carboxylic acids is 1. The lowest BCUT2D eigenvalue weighted by atomic mass is 9.87. The van der Waals surface area contributed by atoms with Crippen LogP contribution in [0, 0.1) is 5.82 Å². The largest absolute Gasteiger partial charge is 0.326 e. The van der Waals surface area contributed by atoms with Gasteiger partial charge in [0.2, 0.25) is 0 Å². The van der Waals surface area contributed by atoms with Crippen LogP contribution in [0.3, 0.4) is 0 Å². The van der Waals surface area contributed by atoms with Crippen molar-refractivity contribution in [3.63, 3.8) is 0 Å². The molecule has 0 radical (unpaired) electrons. The first-order valence-corrected chi connectivity index (χ1v) is 6.35. The monoisotopic (exact) mass is 262 g/mol. The van der Waals surface area contributed by atoms with Gasteiger partial charge in [0.1, 0.15) is 5.82 Å². The average Bonchev–Trinajstić information content (AvgIpc) is 2.28. The first-order chi connectivity index (χ1) is 8.79. The molecular weight excluding hydrogens is 243 g/mol. The molecular formula is C15H19FN2O. The molecule has 1 saturated heterocycles. The molecule has 0 unspecified atom stereocenters. The summed E-state index contributed by atoms with van der Waals surface area (Å²) in [4.78, 5) is 13.2. The van der Waals surface area contributed by atoms with Gasteiger partial charge < -0.3 is 5.32 Å². The smallest absolute Gasteiger partial charge is 0.312 e. The standard InChI is InChI=1S/C15H19FN2O/c1-10-7-8-18(14(19)17-10)13-6-5-11(9-12(13)16)15(2,3)4/h5-6,9H,1,7-8H2,2-4H3,(H,17,19). The van der Waals surface area contributed by atoms with E-state index >= 15 is 0 Å². The van der Waals surface area contributed by atoms with Crippen molar-refractivity contribution in [2.75, 3.05) is 11.4 Å². The summed E-state index contributed by atoms with van der Waals surface area (Å²) in [5, 5.41) is 2.63. The molecule has 1 aliphatic heterocycles. The van der Waals surface area contributed by atoms with Gasteiger partial charge >= 0.3 is 6.03 Å². The van der Waals surface area contributed by atoms with Crippen molar-refractivity contribution in [2.45, 2.75) is 32.6 Å². The van der Waals surface area contributed by atoms with Gasteiger partial charge in [0, 0.05) is 18.7 Å². The molecule has 0 aromatic heterocycles. The molecule has 19 heavy (non-hydrogen) atoms. The molecule has 1 fully saturated rings. The van der Waals surface area contributed by atoms with Gasteiger partial charge in [-0.15, -0.1) is 0 Å². The van der Waals surface area contributed by atoms with Crippen LogP contribution in [-0.2, 0) is 5.41 Å². The van der Waals surface area contributed by atoms with E-state index in [0.29, 0.717) is 24.4 Å². The molecule has 4 heteroatoms. The summed E-state index contributed by atoms with van der Waals surface area (Å²) in [5.41, 5.74) is 1.79. The first kappa shape index (κ1) is 13.6. The zero-order valence-corrected chi connectivity index (χ0v) is 11.6. The van der Waals surface area contributed by atoms with E-state index in [2.05, 4.69) is 11.9 Å². The first-order valence-electron chi connectivity index (χ1n) is 6.35. The number of urea groups is 1. The van der Waals surface area contributed by atoms with Crippen molar-refractivity contribution in [3.8, 4) is 0 Å². The number of hydrogen-bond acceptors (Lipinski definition) is 1. The lowest BCUT2D eigenvalue weighted by molar-refractivity contribution is 0.246. The summed E-state index contributed by atoms with van der Waals surface area (Å²) in [6, 6.07) is 4.73. The van der Waals surface area contributed by atoms with Gasteiger partial charge in [-0.2, -0.15) is 0 Å². The van der Waals surface area contributed by atoms with E-state index in [-0.39, 0.29) is 17.3 Å². The van der Waals surface area contributed by atoms with Gasteiger partial charge in [0.15, 0.2) is 0 Å². The van der Waals surface area contributed by atoms with Gasteiger partial charge in [-0.25, -0.2) is 9.18 Å². The van der Waals surface area contributed by atoms with Crippen LogP contribution < -0.4 is 10.2 Å². The minimum atomic E-state index is -0.366. The number of nitrogens with one attached hydrogen (secondary N) is 1. The summed E-state index contributed by atoms with van der Waals surface area (Å²) in [7, 11) is 0. The molecule has 0 spiro atoms. The van der Waals surface area contributed by atoms with E-state index in [4.69, 9.17) is 0 Å². The Morgan fingerprint density at radius 1 is 1.37 bits per heavy atom. The Morgan fingerprint density at radius 3 is 2.58 bits per heavy atom. The van der Waals surface area contributed by atoms with Gasteiger partial charge in [0.25, 0.3) is 0 Å². The molecule has 2 amide bonds. The van der Waals surface area contributed by atoms with Gasteiger partial charge in [0.05, 0.1) is 5.69 Å². The molecule has 1 heterocycles. The fourth-order valence-corrected chi connectivity index (χ4v) is 2.05. The number of amides is 2. The molecule has 3 nitrogen and oxygen atoms in total. The van der Waals surface area contributed by atoms with Gasteiger partial charge in [-0.05, 0) is 23.1 Å². The second kappa shape index (κ2) is 4.68. The van der Waals surface area contributed by atoms with Crippen LogP contribution in [0.5, 0.6) is 0 Å². The topological polar surface area (TPSA) is 32.3 Å². The Morgan fingerprint density at radius 2 is 2.05 bits per heavy atom. The number of carbonyl (C=O) groups is 1. The number of benzene rings is 1. The number of anilines is 1. The summed E-state index contributed by atoms with van der Waals surface area (Å²) in [5.74, 6) is -0.366. The molecule has 2 rings (SSSR count). The molecule has 1 aliphatic rings. The van der Waals surface area contributed by atoms with Crippen molar-refractivity contribution < 1.29 is 9.18 Å². The lowest BCUT2D eigenvalue weighted by Crippen LogP contribution is -2.45. The molecule has 1 aromatic carbocycles. The third kappa shape index (κ3) is 2.78. The van der Waals surface area contributed by atoms with Crippen molar-refractivity contribution in [1.82, 2.24) is 5.32 Å². The van der Waals surface area contributed by atoms with Crippen LogP contribution in [0.2, 0.25) is 0 Å². The highest BCUT2D eigenvalue weighted by Crippen LogP contribution is 2.28. The quantitative estimate of drug-likeness (QED) is 0.824. The maximum absolute atomic E-state index is 14.2. The maximum Gasteiger partial charge on any atom is 0.326 e. The van der Waals surface area contributed by atoms with E-state index < -0.39 is 0 Å². The van der Waals surface area contributed by atoms with E-state index in [1.54, 1.807) is 6.07 Å². The lowest BCUT2D eigenvalue weighted by Gasteiger charge is -2.29. The fourth-order valence-electron chi connectivity index (χ4n) is 2.05. The van der Waals surface area contributed by atoms with Crippen molar-refractivity contribution in [2.24, 2.45) is 0 Å². The Kier molecular flexibility index (Phi) is 3.35. The van der Waals surface area contributed by atoms with E-state index in [1.165, 1.54) is 11.0 Å². The normalized spacial score (nSPS) is 16.5. The van der Waals surface area contributed by atoms with Crippen molar-refractivity contribution in [3.05, 3.63) is 41.9 Å². The Balaban J connectivity index is 2.31. The highest BCUT2D eigenvalue weighted by Gasteiger charge is 2.25. The SMILES string of the molecule is C=C1CCN(c2ccc(C(C)(C)C)cc2F)C(=O)N1. The Bertz CT molecular complexity index is 531. The molecule has 1 N–H and O–H groups in total. The summed E-state index contributed by atoms with van der Waals surface area (Å²) >= 11 is 0. The molecule has 0 bridgehead atoms. The predicted octanol–water partition coefficient (Wildman–Crippen LogP) is 3.56. The minimum Gasteiger partial charge on any atom is -0.312 e. The van der Waals surface area contributed by atoms with Gasteiger partial charge in [-0.3, -0.25) is 4.90 Å². The molecule has 0 saturated carbocycles. The van der Waals surface area contributed by atoms with Crippen molar-refractivity contribution in [1.29, 1.82) is 0 Å². The highest BCUT2D eigenvalue weighted by molar-refractivity contribution is 5.94. The second-order valence-corrected chi connectivity index (χ2v) is 5.85. The second-order valence-electron chi connectivity index (χ2n) is 5.85. The summed E-state index contributed by atoms with van der Waals surface area (Å²) in [6.45, 7) is 10.2. The zero-order chi connectivity index (χ0) is 14.2. The number of halogens is 1. The zero-order valence-electron chi connectivity index (χ0n) is 11.6. The van der Waals surface area contributed by atoms with Crippen LogP contribution in [0.1, 0.15) is 32.8 Å². The van der Waals surface area contributed by atoms with E-state index in [1.807, 2.05) is 26.8 Å². The highest BCUT2D eigenvalue weighted by atomic mass is 19.1. The van der Waals surface area contributed by atoms with Crippen LogP contribution in [-0.4, -0.2) is 12.6 Å². The summed E-state index contributed by atoms with van der Waals surface area (Å²) < 4.78 is 14.2. The van der Waals surface area contributed by atoms with E-state index in [0.717, 1.165) is 5.56 Å². The van der Waals surface area contributed by atoms with E-state index in [9.17, 15) is 9.18 Å². The maximum atomic E-state index is 14.2. The van der Waals surface area contributed by atoms with Crippen LogP contribution in [0.25, 0.3) is 0 Å². The van der Waals surface area contributed by atoms with Crippen LogP contribution in [0.4, 0.5) is 14.9 Å². The molecule has 0 atom stereocenters. The Hall–Kier alpha value is -1.84.